The molecular formula is C7H14FNO2S. The molecule has 0 amide bonds. The predicted octanol–water partition coefficient (Wildman–Crippen LogP) is -0.0345. The summed E-state index contributed by atoms with van der Waals surface area (Å²) in [5, 5.41) is 0. The Balaban J connectivity index is 2.63. The van der Waals surface area contributed by atoms with E-state index in [9.17, 15) is 12.8 Å². The third kappa shape index (κ3) is 2.17. The molecule has 2 atom stereocenters. The molecule has 0 saturated carbocycles. The Morgan fingerprint density at radius 1 is 1.33 bits per heavy atom. The number of hydrogen-bond acceptors (Lipinski definition) is 3. The highest BCUT2D eigenvalue weighted by molar-refractivity contribution is 7.91. The van der Waals surface area contributed by atoms with E-state index in [0.29, 0.717) is 13.0 Å². The van der Waals surface area contributed by atoms with E-state index in [1.54, 1.807) is 0 Å². The van der Waals surface area contributed by atoms with Crippen LogP contribution in [0.4, 0.5) is 4.39 Å². The van der Waals surface area contributed by atoms with Gasteiger partial charge in [0.1, 0.15) is 0 Å². The molecule has 2 N–H and O–H groups in total. The molecule has 1 saturated heterocycles. The minimum atomic E-state index is -2.93. The second-order valence-electron chi connectivity index (χ2n) is 3.31. The normalized spacial score (nSPS) is 33.8. The largest absolute Gasteiger partial charge is 0.330 e. The van der Waals surface area contributed by atoms with Gasteiger partial charge in [0.2, 0.25) is 0 Å². The van der Waals surface area contributed by atoms with Gasteiger partial charge in [0, 0.05) is 0 Å². The van der Waals surface area contributed by atoms with E-state index in [4.69, 9.17) is 5.73 Å². The number of rotatable bonds is 3. The van der Waals surface area contributed by atoms with E-state index in [1.807, 2.05) is 0 Å². The summed E-state index contributed by atoms with van der Waals surface area (Å²) >= 11 is 0. The number of nitrogens with two attached hydrogens (primary N) is 1. The number of halogens is 1. The Morgan fingerprint density at radius 2 is 1.92 bits per heavy atom. The second kappa shape index (κ2) is 3.70. The molecule has 0 bridgehead atoms. The quantitative estimate of drug-likeness (QED) is 0.687. The van der Waals surface area contributed by atoms with E-state index >= 15 is 0 Å². The van der Waals surface area contributed by atoms with E-state index in [0.717, 1.165) is 0 Å². The first-order valence-electron chi connectivity index (χ1n) is 4.05. The maximum Gasteiger partial charge on any atom is 0.150 e. The van der Waals surface area contributed by atoms with Crippen molar-refractivity contribution in [3.8, 4) is 0 Å². The summed E-state index contributed by atoms with van der Waals surface area (Å²) < 4.78 is 34.2. The second-order valence-corrected chi connectivity index (χ2v) is 5.46. The standard InChI is InChI=1S/C7H14FNO2S/c8-2-1-6-4-12(10,11)5-7(6)3-9/h6-7H,1-5,9H2. The van der Waals surface area contributed by atoms with Crippen LogP contribution in [0.15, 0.2) is 0 Å². The highest BCUT2D eigenvalue weighted by atomic mass is 32.2. The SMILES string of the molecule is NCC1CS(=O)(=O)CC1CCF. The van der Waals surface area contributed by atoms with Crippen molar-refractivity contribution >= 4 is 9.84 Å². The molecule has 0 aromatic rings. The van der Waals surface area contributed by atoms with Crippen LogP contribution in [0.1, 0.15) is 6.42 Å². The monoisotopic (exact) mass is 195 g/mol. The molecule has 72 valence electrons. The summed E-state index contributed by atoms with van der Waals surface area (Å²) in [5.41, 5.74) is 5.39. The van der Waals surface area contributed by atoms with Gasteiger partial charge in [-0.3, -0.25) is 4.39 Å². The average molecular weight is 195 g/mol. The zero-order chi connectivity index (χ0) is 9.19. The number of alkyl halides is 1. The van der Waals surface area contributed by atoms with Crippen LogP contribution in [0.3, 0.4) is 0 Å². The van der Waals surface area contributed by atoms with Gasteiger partial charge in [0.05, 0.1) is 18.2 Å². The molecule has 0 spiro atoms. The zero-order valence-electron chi connectivity index (χ0n) is 6.87. The molecule has 2 unspecified atom stereocenters. The van der Waals surface area contributed by atoms with Crippen molar-refractivity contribution < 1.29 is 12.8 Å². The van der Waals surface area contributed by atoms with Crippen molar-refractivity contribution in [2.75, 3.05) is 24.7 Å². The lowest BCUT2D eigenvalue weighted by atomic mass is 9.94. The van der Waals surface area contributed by atoms with Gasteiger partial charge in [-0.15, -0.1) is 0 Å². The molecule has 0 aliphatic carbocycles. The lowest BCUT2D eigenvalue weighted by molar-refractivity contribution is 0.345. The zero-order valence-corrected chi connectivity index (χ0v) is 7.69. The van der Waals surface area contributed by atoms with E-state index in [2.05, 4.69) is 0 Å². The molecule has 1 fully saturated rings. The fraction of sp³-hybridized carbons (Fsp3) is 1.00. The van der Waals surface area contributed by atoms with Crippen LogP contribution in [0.5, 0.6) is 0 Å². The van der Waals surface area contributed by atoms with E-state index < -0.39 is 16.5 Å². The first-order valence-corrected chi connectivity index (χ1v) is 5.87. The summed E-state index contributed by atoms with van der Waals surface area (Å²) in [6.07, 6.45) is 0.334. The minimum Gasteiger partial charge on any atom is -0.330 e. The van der Waals surface area contributed by atoms with Crippen molar-refractivity contribution in [3.63, 3.8) is 0 Å². The Bertz CT molecular complexity index is 240. The molecule has 1 aliphatic rings. The van der Waals surface area contributed by atoms with Crippen LogP contribution < -0.4 is 5.73 Å². The topological polar surface area (TPSA) is 60.2 Å². The first kappa shape index (κ1) is 9.92. The Labute approximate surface area is 72.1 Å². The number of hydrogen-bond donors (Lipinski definition) is 1. The molecule has 1 rings (SSSR count). The summed E-state index contributed by atoms with van der Waals surface area (Å²) in [6, 6.07) is 0. The highest BCUT2D eigenvalue weighted by Gasteiger charge is 2.35. The van der Waals surface area contributed by atoms with E-state index in [1.165, 1.54) is 0 Å². The Hall–Kier alpha value is -0.160. The Kier molecular flexibility index (Phi) is 3.06. The van der Waals surface area contributed by atoms with Gasteiger partial charge < -0.3 is 5.73 Å². The first-order chi connectivity index (χ1) is 5.59. The molecule has 0 aromatic carbocycles. The van der Waals surface area contributed by atoms with Crippen molar-refractivity contribution in [1.82, 2.24) is 0 Å². The van der Waals surface area contributed by atoms with Crippen LogP contribution in [0.25, 0.3) is 0 Å². The van der Waals surface area contributed by atoms with Gasteiger partial charge in [-0.25, -0.2) is 8.42 Å². The van der Waals surface area contributed by atoms with Crippen molar-refractivity contribution in [2.45, 2.75) is 6.42 Å². The third-order valence-electron chi connectivity index (χ3n) is 2.39. The molecule has 3 nitrogen and oxygen atoms in total. The molecular weight excluding hydrogens is 181 g/mol. The van der Waals surface area contributed by atoms with Crippen LogP contribution in [-0.2, 0) is 9.84 Å². The summed E-state index contributed by atoms with van der Waals surface area (Å²) in [4.78, 5) is 0. The fourth-order valence-corrected chi connectivity index (χ4v) is 4.00. The van der Waals surface area contributed by atoms with Gasteiger partial charge in [0.15, 0.2) is 9.84 Å². The van der Waals surface area contributed by atoms with Crippen molar-refractivity contribution in [1.29, 1.82) is 0 Å². The average Bonchev–Trinajstić information content (AvgIpc) is 2.26. The van der Waals surface area contributed by atoms with Gasteiger partial charge in [-0.2, -0.15) is 0 Å². The molecule has 1 heterocycles. The van der Waals surface area contributed by atoms with Crippen molar-refractivity contribution in [2.24, 2.45) is 17.6 Å². The van der Waals surface area contributed by atoms with Gasteiger partial charge >= 0.3 is 0 Å². The van der Waals surface area contributed by atoms with Crippen LogP contribution in [0, 0.1) is 11.8 Å². The highest BCUT2D eigenvalue weighted by Crippen LogP contribution is 2.27. The summed E-state index contributed by atoms with van der Waals surface area (Å²) in [5.74, 6) is 0.197. The van der Waals surface area contributed by atoms with Gasteiger partial charge in [-0.05, 0) is 24.8 Å². The fourth-order valence-electron chi connectivity index (χ4n) is 1.71. The van der Waals surface area contributed by atoms with Crippen molar-refractivity contribution in [3.05, 3.63) is 0 Å². The predicted molar refractivity (Wildman–Crippen MR) is 45.3 cm³/mol. The minimum absolute atomic E-state index is 0.0225. The summed E-state index contributed by atoms with van der Waals surface area (Å²) in [6.45, 7) is -0.0966. The molecule has 0 aromatic heterocycles. The molecule has 1 aliphatic heterocycles. The van der Waals surface area contributed by atoms with Gasteiger partial charge in [-0.1, -0.05) is 0 Å². The van der Waals surface area contributed by atoms with Crippen LogP contribution in [0.2, 0.25) is 0 Å². The lowest BCUT2D eigenvalue weighted by Gasteiger charge is -2.12. The lowest BCUT2D eigenvalue weighted by Crippen LogP contribution is -2.22. The maximum absolute atomic E-state index is 12.0. The van der Waals surface area contributed by atoms with Crippen LogP contribution >= 0.6 is 0 Å². The molecule has 0 radical (unpaired) electrons. The van der Waals surface area contributed by atoms with E-state index in [-0.39, 0.29) is 23.3 Å². The van der Waals surface area contributed by atoms with Crippen LogP contribution in [-0.4, -0.2) is 33.1 Å². The molecule has 12 heavy (non-hydrogen) atoms. The van der Waals surface area contributed by atoms with Gasteiger partial charge in [0.25, 0.3) is 0 Å². The smallest absolute Gasteiger partial charge is 0.150 e. The third-order valence-corrected chi connectivity index (χ3v) is 4.26. The number of sulfone groups is 1. The molecule has 5 heteroatoms. The maximum atomic E-state index is 12.0. The summed E-state index contributed by atoms with van der Waals surface area (Å²) in [7, 11) is -2.93. The Morgan fingerprint density at radius 3 is 2.42 bits per heavy atom.